The van der Waals surface area contributed by atoms with Gasteiger partial charge >= 0.3 is 0 Å². The van der Waals surface area contributed by atoms with E-state index in [4.69, 9.17) is 5.73 Å². The molecule has 0 aromatic rings. The summed E-state index contributed by atoms with van der Waals surface area (Å²) in [6, 6.07) is 0. The Hall–Kier alpha value is -0.460. The van der Waals surface area contributed by atoms with Gasteiger partial charge in [0.2, 0.25) is 0 Å². The number of carbonyl (C=O) groups is 2. The molecule has 2 fully saturated rings. The van der Waals surface area contributed by atoms with Crippen LogP contribution in [-0.4, -0.2) is 40.1 Å². The van der Waals surface area contributed by atoms with Gasteiger partial charge in [0.15, 0.2) is 0 Å². The largest absolute Gasteiger partial charge is 0.329 e. The smallest absolute Gasteiger partial charge is 0.293 e. The molecule has 17 heavy (non-hydrogen) atoms. The summed E-state index contributed by atoms with van der Waals surface area (Å²) in [5, 5.41) is -0.192. The fourth-order valence-corrected chi connectivity index (χ4v) is 3.96. The Morgan fingerprint density at radius 1 is 1.53 bits per heavy atom. The normalized spacial score (nSPS) is 25.5. The quantitative estimate of drug-likeness (QED) is 0.791. The van der Waals surface area contributed by atoms with Gasteiger partial charge < -0.3 is 5.73 Å². The summed E-state index contributed by atoms with van der Waals surface area (Å²) in [6.45, 7) is 0.632. The molecule has 2 N–H and O–H groups in total. The number of rotatable bonds is 4. The van der Waals surface area contributed by atoms with Crippen LogP contribution >= 0.6 is 23.5 Å². The molecule has 1 saturated heterocycles. The van der Waals surface area contributed by atoms with Crippen LogP contribution in [0.15, 0.2) is 11.0 Å². The van der Waals surface area contributed by atoms with Crippen molar-refractivity contribution in [2.75, 3.05) is 19.3 Å². The highest BCUT2D eigenvalue weighted by molar-refractivity contribution is 8.18. The van der Waals surface area contributed by atoms with Crippen LogP contribution in [0.5, 0.6) is 0 Å². The Kier molecular flexibility index (Phi) is 3.85. The van der Waals surface area contributed by atoms with Crippen LogP contribution in [0.2, 0.25) is 0 Å². The molecule has 0 unspecified atom stereocenters. The van der Waals surface area contributed by atoms with Crippen LogP contribution in [-0.2, 0) is 4.79 Å². The van der Waals surface area contributed by atoms with Crippen molar-refractivity contribution in [3.05, 3.63) is 11.0 Å². The minimum absolute atomic E-state index is 0.0804. The van der Waals surface area contributed by atoms with Crippen molar-refractivity contribution >= 4 is 34.7 Å². The first-order valence-corrected chi connectivity index (χ1v) is 7.68. The number of hydrogen-bond acceptors (Lipinski definition) is 5. The van der Waals surface area contributed by atoms with E-state index in [0.717, 1.165) is 24.6 Å². The van der Waals surface area contributed by atoms with Gasteiger partial charge in [0.25, 0.3) is 11.1 Å². The van der Waals surface area contributed by atoms with Gasteiger partial charge in [-0.05, 0) is 36.9 Å². The molecular weight excluding hydrogens is 256 g/mol. The van der Waals surface area contributed by atoms with E-state index in [1.807, 2.05) is 6.08 Å². The molecule has 0 spiro atoms. The average molecular weight is 272 g/mol. The lowest BCUT2D eigenvalue weighted by molar-refractivity contribution is -0.122. The summed E-state index contributed by atoms with van der Waals surface area (Å²) in [7, 11) is 0. The standard InChI is InChI=1S/C11H16N2O2S2/c1-16-11(3-2-4-11)7-8-9(14)13(6-5-12)10(15)17-8/h7H,2-6,12H2,1H3/b8-7+. The van der Waals surface area contributed by atoms with Gasteiger partial charge in [0, 0.05) is 17.8 Å². The van der Waals surface area contributed by atoms with E-state index < -0.39 is 0 Å². The number of nitrogens with zero attached hydrogens (tertiary/aromatic N) is 1. The van der Waals surface area contributed by atoms with Crippen LogP contribution in [0.1, 0.15) is 19.3 Å². The van der Waals surface area contributed by atoms with Crippen LogP contribution < -0.4 is 5.73 Å². The first-order valence-electron chi connectivity index (χ1n) is 5.64. The zero-order valence-corrected chi connectivity index (χ0v) is 11.4. The Labute approximate surface area is 109 Å². The number of amides is 2. The van der Waals surface area contributed by atoms with Crippen molar-refractivity contribution in [3.63, 3.8) is 0 Å². The molecule has 4 nitrogen and oxygen atoms in total. The van der Waals surface area contributed by atoms with Gasteiger partial charge in [0.05, 0.1) is 4.91 Å². The van der Waals surface area contributed by atoms with Crippen molar-refractivity contribution in [2.24, 2.45) is 5.73 Å². The highest BCUT2D eigenvalue weighted by Crippen LogP contribution is 2.46. The molecule has 6 heteroatoms. The van der Waals surface area contributed by atoms with Crippen LogP contribution in [0, 0.1) is 0 Å². The van der Waals surface area contributed by atoms with Gasteiger partial charge in [-0.2, -0.15) is 11.8 Å². The number of thioether (sulfide) groups is 2. The zero-order valence-electron chi connectivity index (χ0n) is 9.77. The number of nitrogens with two attached hydrogens (primary N) is 1. The molecule has 2 amide bonds. The van der Waals surface area contributed by atoms with Gasteiger partial charge in [-0.25, -0.2) is 0 Å². The maximum absolute atomic E-state index is 12.0. The summed E-state index contributed by atoms with van der Waals surface area (Å²) in [5.41, 5.74) is 5.39. The summed E-state index contributed by atoms with van der Waals surface area (Å²) in [5.74, 6) is -0.175. The van der Waals surface area contributed by atoms with Gasteiger partial charge in [-0.15, -0.1) is 0 Å². The number of hydrogen-bond donors (Lipinski definition) is 1. The highest BCUT2D eigenvalue weighted by Gasteiger charge is 2.40. The summed E-state index contributed by atoms with van der Waals surface area (Å²) in [4.78, 5) is 25.4. The fraction of sp³-hybridized carbons (Fsp3) is 0.636. The number of carbonyl (C=O) groups excluding carboxylic acids is 2. The second-order valence-corrected chi connectivity index (χ2v) is 6.46. The van der Waals surface area contributed by atoms with Gasteiger partial charge in [-0.1, -0.05) is 6.42 Å². The minimum atomic E-state index is -0.192. The molecular formula is C11H16N2O2S2. The van der Waals surface area contributed by atoms with Gasteiger partial charge in [-0.3, -0.25) is 14.5 Å². The first-order chi connectivity index (χ1) is 8.12. The third-order valence-electron chi connectivity index (χ3n) is 3.23. The van der Waals surface area contributed by atoms with Crippen LogP contribution in [0.25, 0.3) is 0 Å². The molecule has 1 heterocycles. The highest BCUT2D eigenvalue weighted by atomic mass is 32.2. The molecule has 0 bridgehead atoms. The van der Waals surface area contributed by atoms with E-state index in [0.29, 0.717) is 18.0 Å². The molecule has 1 aliphatic carbocycles. The summed E-state index contributed by atoms with van der Waals surface area (Å²) < 4.78 is 0.0804. The Morgan fingerprint density at radius 3 is 2.71 bits per heavy atom. The Bertz CT molecular complexity index is 372. The monoisotopic (exact) mass is 272 g/mol. The lowest BCUT2D eigenvalue weighted by Gasteiger charge is -2.37. The SMILES string of the molecule is CSC1(/C=C2/SC(=O)N(CCN)C2=O)CCC1. The van der Waals surface area contributed by atoms with E-state index in [2.05, 4.69) is 6.26 Å². The molecule has 0 aromatic heterocycles. The maximum Gasteiger partial charge on any atom is 0.293 e. The fourth-order valence-electron chi connectivity index (χ4n) is 1.99. The zero-order chi connectivity index (χ0) is 12.5. The molecule has 2 aliphatic rings. The van der Waals surface area contributed by atoms with E-state index in [9.17, 15) is 9.59 Å². The molecule has 0 atom stereocenters. The predicted molar refractivity (Wildman–Crippen MR) is 71.9 cm³/mol. The number of imide groups is 1. The molecule has 0 aromatic carbocycles. The molecule has 1 saturated carbocycles. The minimum Gasteiger partial charge on any atom is -0.329 e. The summed E-state index contributed by atoms with van der Waals surface area (Å²) in [6.07, 6.45) is 7.43. The second-order valence-electron chi connectivity index (χ2n) is 4.24. The Morgan fingerprint density at radius 2 is 2.24 bits per heavy atom. The van der Waals surface area contributed by atoms with Crippen molar-refractivity contribution in [2.45, 2.75) is 24.0 Å². The average Bonchev–Trinajstić information content (AvgIpc) is 2.52. The summed E-state index contributed by atoms with van der Waals surface area (Å²) >= 11 is 2.81. The Balaban J connectivity index is 2.15. The topological polar surface area (TPSA) is 63.4 Å². The van der Waals surface area contributed by atoms with Crippen molar-refractivity contribution < 1.29 is 9.59 Å². The van der Waals surface area contributed by atoms with E-state index in [-0.39, 0.29) is 15.9 Å². The van der Waals surface area contributed by atoms with Crippen molar-refractivity contribution in [3.8, 4) is 0 Å². The molecule has 94 valence electrons. The molecule has 1 aliphatic heterocycles. The predicted octanol–water partition coefficient (Wildman–Crippen LogP) is 1.81. The first kappa shape index (κ1) is 13.0. The van der Waals surface area contributed by atoms with E-state index in [1.54, 1.807) is 11.8 Å². The maximum atomic E-state index is 12.0. The van der Waals surface area contributed by atoms with Crippen LogP contribution in [0.3, 0.4) is 0 Å². The van der Waals surface area contributed by atoms with Gasteiger partial charge in [0.1, 0.15) is 0 Å². The van der Waals surface area contributed by atoms with Crippen LogP contribution in [0.4, 0.5) is 4.79 Å². The molecule has 2 rings (SSSR count). The lowest BCUT2D eigenvalue weighted by atomic mass is 9.84. The van der Waals surface area contributed by atoms with E-state index >= 15 is 0 Å². The van der Waals surface area contributed by atoms with Crippen molar-refractivity contribution in [1.29, 1.82) is 0 Å². The third-order valence-corrected chi connectivity index (χ3v) is 5.47. The van der Waals surface area contributed by atoms with Crippen molar-refractivity contribution in [1.82, 2.24) is 4.90 Å². The third kappa shape index (κ3) is 2.39. The second kappa shape index (κ2) is 5.04. The molecule has 0 radical (unpaired) electrons. The van der Waals surface area contributed by atoms with E-state index in [1.165, 1.54) is 11.3 Å². The lowest BCUT2D eigenvalue weighted by Crippen LogP contribution is -2.34.